The molecule has 0 heteroatoms. The lowest BCUT2D eigenvalue weighted by Crippen LogP contribution is -2.17. The summed E-state index contributed by atoms with van der Waals surface area (Å²) in [6.45, 7) is 9.62. The summed E-state index contributed by atoms with van der Waals surface area (Å²) in [5.41, 5.74) is 0. The van der Waals surface area contributed by atoms with Gasteiger partial charge in [0.1, 0.15) is 0 Å². The van der Waals surface area contributed by atoms with Crippen LogP contribution in [0.3, 0.4) is 0 Å². The molecule has 1 aliphatic rings. The fraction of sp³-hybridized carbons (Fsp3) is 1.00. The summed E-state index contributed by atoms with van der Waals surface area (Å²) in [5, 5.41) is 0. The molecule has 3 unspecified atom stereocenters. The molecule has 1 fully saturated rings. The van der Waals surface area contributed by atoms with Crippen LogP contribution in [-0.2, 0) is 0 Å². The molecule has 0 N–H and O–H groups in total. The third kappa shape index (κ3) is 5.37. The summed E-state index contributed by atoms with van der Waals surface area (Å²) in [4.78, 5) is 0. The monoisotopic (exact) mass is 224 g/mol. The van der Waals surface area contributed by atoms with Gasteiger partial charge in [0.2, 0.25) is 0 Å². The van der Waals surface area contributed by atoms with Crippen molar-refractivity contribution in [2.24, 2.45) is 23.7 Å². The standard InChI is InChI=1S/C16H32/c1-13(2)9-10-14(3)11-12-16-8-6-5-7-15(16)4/h13-16H,5-12H2,1-4H3. The number of hydrogen-bond donors (Lipinski definition) is 0. The van der Waals surface area contributed by atoms with Crippen LogP contribution in [0.5, 0.6) is 0 Å². The molecule has 3 atom stereocenters. The zero-order chi connectivity index (χ0) is 12.0. The Morgan fingerprint density at radius 1 is 0.938 bits per heavy atom. The van der Waals surface area contributed by atoms with Crippen molar-refractivity contribution in [3.63, 3.8) is 0 Å². The molecule has 96 valence electrons. The molecule has 0 radical (unpaired) electrons. The Kier molecular flexibility index (Phi) is 6.46. The van der Waals surface area contributed by atoms with Crippen molar-refractivity contribution in [3.8, 4) is 0 Å². The van der Waals surface area contributed by atoms with Crippen molar-refractivity contribution in [1.82, 2.24) is 0 Å². The Bertz CT molecular complexity index is 171. The minimum absolute atomic E-state index is 0.885. The first-order chi connectivity index (χ1) is 7.59. The highest BCUT2D eigenvalue weighted by Gasteiger charge is 2.21. The first kappa shape index (κ1) is 14.1. The first-order valence-corrected chi connectivity index (χ1v) is 7.59. The van der Waals surface area contributed by atoms with Crippen molar-refractivity contribution in [3.05, 3.63) is 0 Å². The van der Waals surface area contributed by atoms with E-state index in [0.717, 1.165) is 23.7 Å². The Labute approximate surface area is 103 Å². The highest BCUT2D eigenvalue weighted by molar-refractivity contribution is 4.73. The van der Waals surface area contributed by atoms with Gasteiger partial charge >= 0.3 is 0 Å². The summed E-state index contributed by atoms with van der Waals surface area (Å²) in [6, 6.07) is 0. The molecule has 16 heavy (non-hydrogen) atoms. The zero-order valence-corrected chi connectivity index (χ0v) is 12.0. The molecule has 1 rings (SSSR count). The Morgan fingerprint density at radius 3 is 2.25 bits per heavy atom. The lowest BCUT2D eigenvalue weighted by atomic mass is 9.77. The fourth-order valence-corrected chi connectivity index (χ4v) is 3.08. The van der Waals surface area contributed by atoms with Gasteiger partial charge in [-0.2, -0.15) is 0 Å². The minimum Gasteiger partial charge on any atom is -0.0628 e. The van der Waals surface area contributed by atoms with Gasteiger partial charge in [0.05, 0.1) is 0 Å². The molecule has 0 aliphatic heterocycles. The second kappa shape index (κ2) is 7.35. The predicted octanol–water partition coefficient (Wildman–Crippen LogP) is 5.67. The molecule has 0 saturated heterocycles. The van der Waals surface area contributed by atoms with Gasteiger partial charge < -0.3 is 0 Å². The highest BCUT2D eigenvalue weighted by Crippen LogP contribution is 2.34. The maximum Gasteiger partial charge on any atom is -0.0388 e. The van der Waals surface area contributed by atoms with Gasteiger partial charge in [0.15, 0.2) is 0 Å². The van der Waals surface area contributed by atoms with E-state index in [1.165, 1.54) is 51.4 Å². The fourth-order valence-electron chi connectivity index (χ4n) is 3.08. The molecule has 0 aromatic heterocycles. The molecule has 1 aliphatic carbocycles. The largest absolute Gasteiger partial charge is 0.0628 e. The zero-order valence-electron chi connectivity index (χ0n) is 12.0. The van der Waals surface area contributed by atoms with Crippen LogP contribution in [0.25, 0.3) is 0 Å². The molecule has 0 aromatic rings. The predicted molar refractivity (Wildman–Crippen MR) is 73.6 cm³/mol. The molecule has 0 nitrogen and oxygen atoms in total. The first-order valence-electron chi connectivity index (χ1n) is 7.59. The Balaban J connectivity index is 2.12. The normalized spacial score (nSPS) is 28.3. The van der Waals surface area contributed by atoms with Gasteiger partial charge in [-0.25, -0.2) is 0 Å². The molecule has 0 aromatic carbocycles. The topological polar surface area (TPSA) is 0 Å². The van der Waals surface area contributed by atoms with E-state index in [-0.39, 0.29) is 0 Å². The maximum absolute atomic E-state index is 2.47. The quantitative estimate of drug-likeness (QED) is 0.545. The van der Waals surface area contributed by atoms with Crippen LogP contribution in [0.2, 0.25) is 0 Å². The van der Waals surface area contributed by atoms with Crippen molar-refractivity contribution < 1.29 is 0 Å². The molecular formula is C16H32. The third-order valence-corrected chi connectivity index (χ3v) is 4.56. The molecule has 0 heterocycles. The molecule has 1 saturated carbocycles. The van der Waals surface area contributed by atoms with E-state index in [2.05, 4.69) is 27.7 Å². The number of hydrogen-bond acceptors (Lipinski definition) is 0. The van der Waals surface area contributed by atoms with Crippen LogP contribution in [-0.4, -0.2) is 0 Å². The van der Waals surface area contributed by atoms with Crippen LogP contribution in [0.1, 0.15) is 79.1 Å². The minimum atomic E-state index is 0.885. The van der Waals surface area contributed by atoms with E-state index in [1.807, 2.05) is 0 Å². The Hall–Kier alpha value is 0. The van der Waals surface area contributed by atoms with E-state index < -0.39 is 0 Å². The Morgan fingerprint density at radius 2 is 1.62 bits per heavy atom. The van der Waals surface area contributed by atoms with E-state index in [4.69, 9.17) is 0 Å². The smallest absolute Gasteiger partial charge is 0.0388 e. The van der Waals surface area contributed by atoms with Gasteiger partial charge in [-0.05, 0) is 30.1 Å². The molecule has 0 spiro atoms. The van der Waals surface area contributed by atoms with E-state index in [0.29, 0.717) is 0 Å². The van der Waals surface area contributed by atoms with Crippen molar-refractivity contribution in [2.45, 2.75) is 79.1 Å². The summed E-state index contributed by atoms with van der Waals surface area (Å²) < 4.78 is 0. The van der Waals surface area contributed by atoms with E-state index in [9.17, 15) is 0 Å². The summed E-state index contributed by atoms with van der Waals surface area (Å²) in [5.74, 6) is 3.90. The average molecular weight is 224 g/mol. The van der Waals surface area contributed by atoms with Crippen LogP contribution < -0.4 is 0 Å². The van der Waals surface area contributed by atoms with Crippen molar-refractivity contribution in [2.75, 3.05) is 0 Å². The lowest BCUT2D eigenvalue weighted by Gasteiger charge is -2.29. The van der Waals surface area contributed by atoms with Gasteiger partial charge in [-0.1, -0.05) is 72.6 Å². The van der Waals surface area contributed by atoms with Crippen LogP contribution in [0.4, 0.5) is 0 Å². The van der Waals surface area contributed by atoms with Gasteiger partial charge in [-0.3, -0.25) is 0 Å². The molecule has 0 amide bonds. The molecule has 0 bridgehead atoms. The second-order valence-electron chi connectivity index (χ2n) is 6.68. The summed E-state index contributed by atoms with van der Waals surface area (Å²) in [6.07, 6.45) is 11.8. The van der Waals surface area contributed by atoms with E-state index >= 15 is 0 Å². The lowest BCUT2D eigenvalue weighted by molar-refractivity contribution is 0.225. The highest BCUT2D eigenvalue weighted by atomic mass is 14.3. The third-order valence-electron chi connectivity index (χ3n) is 4.56. The van der Waals surface area contributed by atoms with E-state index in [1.54, 1.807) is 0 Å². The van der Waals surface area contributed by atoms with Gasteiger partial charge in [0, 0.05) is 0 Å². The number of rotatable bonds is 6. The SMILES string of the molecule is CC(C)CCC(C)CCC1CCCCC1C. The summed E-state index contributed by atoms with van der Waals surface area (Å²) >= 11 is 0. The van der Waals surface area contributed by atoms with Crippen LogP contribution >= 0.6 is 0 Å². The average Bonchev–Trinajstić information content (AvgIpc) is 2.25. The van der Waals surface area contributed by atoms with Crippen LogP contribution in [0, 0.1) is 23.7 Å². The van der Waals surface area contributed by atoms with Gasteiger partial charge in [-0.15, -0.1) is 0 Å². The summed E-state index contributed by atoms with van der Waals surface area (Å²) in [7, 11) is 0. The van der Waals surface area contributed by atoms with Crippen LogP contribution in [0.15, 0.2) is 0 Å². The van der Waals surface area contributed by atoms with Crippen molar-refractivity contribution >= 4 is 0 Å². The maximum atomic E-state index is 2.47. The molecular weight excluding hydrogens is 192 g/mol. The second-order valence-corrected chi connectivity index (χ2v) is 6.68. The van der Waals surface area contributed by atoms with Gasteiger partial charge in [0.25, 0.3) is 0 Å². The van der Waals surface area contributed by atoms with Crippen molar-refractivity contribution in [1.29, 1.82) is 0 Å².